The molecule has 0 radical (unpaired) electrons. The summed E-state index contributed by atoms with van der Waals surface area (Å²) in [5.41, 5.74) is 5.23. The van der Waals surface area contributed by atoms with Gasteiger partial charge in [-0.25, -0.2) is 14.8 Å². The zero-order valence-electron chi connectivity index (χ0n) is 9.91. The van der Waals surface area contributed by atoms with Crippen molar-refractivity contribution in [2.75, 3.05) is 11.4 Å². The second kappa shape index (κ2) is 4.59. The maximum absolute atomic E-state index is 11.3. The summed E-state index contributed by atoms with van der Waals surface area (Å²) in [5.74, 6) is -1.39. The van der Waals surface area contributed by atoms with E-state index in [4.69, 9.17) is 5.73 Å². The highest BCUT2D eigenvalue weighted by atomic mass is 16.4. The number of hydrogen-bond acceptors (Lipinski definition) is 5. The Morgan fingerprint density at radius 2 is 2.11 bits per heavy atom. The minimum absolute atomic E-state index is 0.00904. The molecule has 2 heterocycles. The monoisotopic (exact) mass is 250 g/mol. The average Bonchev–Trinajstić information content (AvgIpc) is 2.71. The fourth-order valence-corrected chi connectivity index (χ4v) is 2.28. The van der Waals surface area contributed by atoms with Gasteiger partial charge in [-0.2, -0.15) is 0 Å². The minimum atomic E-state index is -0.930. The first-order valence-corrected chi connectivity index (χ1v) is 5.62. The van der Waals surface area contributed by atoms with Crippen LogP contribution in [0.2, 0.25) is 0 Å². The molecule has 96 valence electrons. The van der Waals surface area contributed by atoms with Crippen LogP contribution in [0.25, 0.3) is 0 Å². The largest absolute Gasteiger partial charge is 0.480 e. The van der Waals surface area contributed by atoms with E-state index in [0.717, 1.165) is 6.42 Å². The number of aliphatic carboxylic acids is 1. The lowest BCUT2D eigenvalue weighted by atomic mass is 10.0. The number of nitrogens with zero attached hydrogens (tertiary/aromatic N) is 3. The Hall–Kier alpha value is -2.18. The molecule has 1 saturated heterocycles. The standard InChI is InChI=1S/C11H14N4O3/c1-6-2-5-15(8(6)11(17)18)10-7(9(12)16)13-3-4-14-10/h3-4,6,8H,2,5H2,1H3,(H2,12,16)(H,17,18). The first kappa shape index (κ1) is 12.3. The number of carboxylic acids is 1. The van der Waals surface area contributed by atoms with E-state index in [1.807, 2.05) is 6.92 Å². The average molecular weight is 250 g/mol. The molecular weight excluding hydrogens is 236 g/mol. The molecule has 0 aliphatic carbocycles. The number of nitrogens with two attached hydrogens (primary N) is 1. The summed E-state index contributed by atoms with van der Waals surface area (Å²) in [5, 5.41) is 9.24. The highest BCUT2D eigenvalue weighted by Gasteiger charge is 2.39. The van der Waals surface area contributed by atoms with E-state index in [0.29, 0.717) is 6.54 Å². The number of hydrogen-bond donors (Lipinski definition) is 2. The van der Waals surface area contributed by atoms with E-state index in [2.05, 4.69) is 9.97 Å². The Morgan fingerprint density at radius 1 is 1.44 bits per heavy atom. The van der Waals surface area contributed by atoms with Crippen LogP contribution >= 0.6 is 0 Å². The van der Waals surface area contributed by atoms with Crippen LogP contribution in [0.3, 0.4) is 0 Å². The summed E-state index contributed by atoms with van der Waals surface area (Å²) in [4.78, 5) is 32.1. The number of carbonyl (C=O) groups is 2. The maximum Gasteiger partial charge on any atom is 0.326 e. The fourth-order valence-electron chi connectivity index (χ4n) is 2.28. The fraction of sp³-hybridized carbons (Fsp3) is 0.455. The molecule has 1 fully saturated rings. The van der Waals surface area contributed by atoms with Crippen molar-refractivity contribution in [2.24, 2.45) is 11.7 Å². The predicted molar refractivity (Wildman–Crippen MR) is 63.1 cm³/mol. The Bertz CT molecular complexity index is 491. The molecule has 1 aromatic rings. The third kappa shape index (κ3) is 1.99. The molecule has 2 unspecified atom stereocenters. The van der Waals surface area contributed by atoms with Gasteiger partial charge in [-0.05, 0) is 12.3 Å². The van der Waals surface area contributed by atoms with E-state index in [1.165, 1.54) is 12.4 Å². The number of amides is 1. The second-order valence-corrected chi connectivity index (χ2v) is 4.34. The topological polar surface area (TPSA) is 109 Å². The zero-order chi connectivity index (χ0) is 13.3. The molecule has 1 aliphatic heterocycles. The number of aromatic nitrogens is 2. The van der Waals surface area contributed by atoms with Crippen molar-refractivity contribution < 1.29 is 14.7 Å². The predicted octanol–water partition coefficient (Wildman–Crippen LogP) is -0.125. The Balaban J connectivity index is 2.42. The number of rotatable bonds is 3. The van der Waals surface area contributed by atoms with Crippen molar-refractivity contribution in [3.63, 3.8) is 0 Å². The molecule has 7 heteroatoms. The highest BCUT2D eigenvalue weighted by molar-refractivity contribution is 5.96. The van der Waals surface area contributed by atoms with Crippen molar-refractivity contribution >= 4 is 17.7 Å². The van der Waals surface area contributed by atoms with Crippen LogP contribution in [-0.4, -0.2) is 39.5 Å². The molecule has 2 rings (SSSR count). The number of anilines is 1. The van der Waals surface area contributed by atoms with Gasteiger partial charge in [0.05, 0.1) is 0 Å². The molecule has 0 aromatic carbocycles. The van der Waals surface area contributed by atoms with Crippen LogP contribution in [0.5, 0.6) is 0 Å². The summed E-state index contributed by atoms with van der Waals surface area (Å²) in [6.45, 7) is 2.39. The molecule has 0 spiro atoms. The molecule has 1 aliphatic rings. The van der Waals surface area contributed by atoms with E-state index in [1.54, 1.807) is 4.90 Å². The molecule has 18 heavy (non-hydrogen) atoms. The van der Waals surface area contributed by atoms with Gasteiger partial charge in [0.25, 0.3) is 5.91 Å². The molecule has 3 N–H and O–H groups in total. The second-order valence-electron chi connectivity index (χ2n) is 4.34. The number of carbonyl (C=O) groups excluding carboxylic acids is 1. The number of primary amides is 1. The lowest BCUT2D eigenvalue weighted by molar-refractivity contribution is -0.139. The van der Waals surface area contributed by atoms with E-state index in [-0.39, 0.29) is 17.4 Å². The summed E-state index contributed by atoms with van der Waals surface area (Å²) in [7, 11) is 0. The highest BCUT2D eigenvalue weighted by Crippen LogP contribution is 2.29. The van der Waals surface area contributed by atoms with Gasteiger partial charge in [0.15, 0.2) is 11.5 Å². The summed E-state index contributed by atoms with van der Waals surface area (Å²) >= 11 is 0. The summed E-state index contributed by atoms with van der Waals surface area (Å²) in [6.07, 6.45) is 3.51. The maximum atomic E-state index is 11.3. The van der Waals surface area contributed by atoms with Crippen molar-refractivity contribution in [1.82, 2.24) is 9.97 Å². The molecule has 0 saturated carbocycles. The first-order valence-electron chi connectivity index (χ1n) is 5.62. The van der Waals surface area contributed by atoms with Gasteiger partial charge in [0.1, 0.15) is 6.04 Å². The van der Waals surface area contributed by atoms with Gasteiger partial charge in [-0.3, -0.25) is 4.79 Å². The van der Waals surface area contributed by atoms with E-state index < -0.39 is 17.9 Å². The summed E-state index contributed by atoms with van der Waals surface area (Å²) in [6, 6.07) is -0.695. The molecule has 1 aromatic heterocycles. The third-order valence-corrected chi connectivity index (χ3v) is 3.14. The van der Waals surface area contributed by atoms with Gasteiger partial charge >= 0.3 is 5.97 Å². The zero-order valence-corrected chi connectivity index (χ0v) is 9.91. The molecule has 0 bridgehead atoms. The normalized spacial score (nSPS) is 23.1. The quantitative estimate of drug-likeness (QED) is 0.773. The van der Waals surface area contributed by atoms with Gasteiger partial charge in [0.2, 0.25) is 0 Å². The van der Waals surface area contributed by atoms with Gasteiger partial charge in [0, 0.05) is 18.9 Å². The van der Waals surface area contributed by atoms with Crippen LogP contribution in [0.15, 0.2) is 12.4 Å². The van der Waals surface area contributed by atoms with E-state index >= 15 is 0 Å². The third-order valence-electron chi connectivity index (χ3n) is 3.14. The number of carboxylic acid groups (broad SMARTS) is 1. The van der Waals surface area contributed by atoms with Gasteiger partial charge < -0.3 is 15.7 Å². The van der Waals surface area contributed by atoms with Crippen LogP contribution in [0, 0.1) is 5.92 Å². The van der Waals surface area contributed by atoms with Crippen molar-refractivity contribution in [1.29, 1.82) is 0 Å². The lowest BCUT2D eigenvalue weighted by Gasteiger charge is -2.25. The van der Waals surface area contributed by atoms with Crippen LogP contribution in [-0.2, 0) is 4.79 Å². The van der Waals surface area contributed by atoms with Gasteiger partial charge in [-0.15, -0.1) is 0 Å². The Kier molecular flexibility index (Phi) is 3.14. The Labute approximate surface area is 104 Å². The van der Waals surface area contributed by atoms with Gasteiger partial charge in [-0.1, -0.05) is 6.92 Å². The SMILES string of the molecule is CC1CCN(c2nccnc2C(N)=O)C1C(=O)O. The molecule has 1 amide bonds. The smallest absolute Gasteiger partial charge is 0.326 e. The first-order chi connectivity index (χ1) is 8.52. The minimum Gasteiger partial charge on any atom is -0.480 e. The van der Waals surface area contributed by atoms with Crippen LogP contribution < -0.4 is 10.6 Å². The van der Waals surface area contributed by atoms with Crippen molar-refractivity contribution in [3.05, 3.63) is 18.1 Å². The van der Waals surface area contributed by atoms with E-state index in [9.17, 15) is 14.7 Å². The van der Waals surface area contributed by atoms with Crippen LogP contribution in [0.1, 0.15) is 23.8 Å². The lowest BCUT2D eigenvalue weighted by Crippen LogP contribution is -2.40. The van der Waals surface area contributed by atoms with Crippen molar-refractivity contribution in [2.45, 2.75) is 19.4 Å². The van der Waals surface area contributed by atoms with Crippen LogP contribution in [0.4, 0.5) is 5.82 Å². The molecular formula is C11H14N4O3. The van der Waals surface area contributed by atoms with Crippen molar-refractivity contribution in [3.8, 4) is 0 Å². The Morgan fingerprint density at radius 3 is 2.72 bits per heavy atom. The molecule has 7 nitrogen and oxygen atoms in total. The summed E-state index contributed by atoms with van der Waals surface area (Å²) < 4.78 is 0. The molecule has 2 atom stereocenters.